The summed E-state index contributed by atoms with van der Waals surface area (Å²) in [7, 11) is 1.49. The molecule has 0 saturated carbocycles. The van der Waals surface area contributed by atoms with Crippen LogP contribution in [0.15, 0.2) is 23.4 Å². The fourth-order valence-electron chi connectivity index (χ4n) is 1.26. The van der Waals surface area contributed by atoms with Crippen molar-refractivity contribution in [2.45, 2.75) is 11.8 Å². The fraction of sp³-hybridized carbons (Fsp3) is 0.222. The van der Waals surface area contributed by atoms with E-state index >= 15 is 0 Å². The number of hydrogen-bond donors (Lipinski definition) is 2. The van der Waals surface area contributed by atoms with Gasteiger partial charge in [0.1, 0.15) is 6.61 Å². The van der Waals surface area contributed by atoms with Crippen molar-refractivity contribution in [2.75, 3.05) is 7.11 Å². The predicted octanol–water partition coefficient (Wildman–Crippen LogP) is 1.93. The molecule has 2 aromatic rings. The molecule has 2 rings (SSSR count). The maximum atomic E-state index is 4.82. The largest absolute Gasteiger partial charge is 0.333 e. The zero-order chi connectivity index (χ0) is 9.97. The molecular weight excluding hydrogens is 200 g/mol. The standard InChI is InChI=1S/C9H10N2O2S/c1-12-13-5-6-2-3-7-8(4-6)11-9(14)10-7/h2-4H,5H2,1H3,(H2,10,11,14). The van der Waals surface area contributed by atoms with E-state index in [0.717, 1.165) is 16.6 Å². The van der Waals surface area contributed by atoms with Gasteiger partial charge in [-0.05, 0) is 17.7 Å². The highest BCUT2D eigenvalue weighted by molar-refractivity contribution is 7.80. The van der Waals surface area contributed by atoms with E-state index in [1.54, 1.807) is 0 Å². The van der Waals surface area contributed by atoms with Gasteiger partial charge < -0.3 is 4.98 Å². The Kier molecular flexibility index (Phi) is 2.72. The van der Waals surface area contributed by atoms with Crippen LogP contribution in [0.2, 0.25) is 0 Å². The average Bonchev–Trinajstić information content (AvgIpc) is 2.54. The molecule has 0 aliphatic carbocycles. The van der Waals surface area contributed by atoms with Crippen LogP contribution in [0.1, 0.15) is 5.56 Å². The Morgan fingerprint density at radius 2 is 2.36 bits per heavy atom. The van der Waals surface area contributed by atoms with Crippen molar-refractivity contribution in [3.05, 3.63) is 23.8 Å². The van der Waals surface area contributed by atoms with Crippen molar-refractivity contribution in [1.29, 1.82) is 0 Å². The van der Waals surface area contributed by atoms with Crippen LogP contribution in [0.4, 0.5) is 0 Å². The molecule has 0 aliphatic heterocycles. The summed E-state index contributed by atoms with van der Waals surface area (Å²) in [6.45, 7) is 0.424. The van der Waals surface area contributed by atoms with Gasteiger partial charge in [0.05, 0.1) is 18.1 Å². The van der Waals surface area contributed by atoms with Crippen molar-refractivity contribution in [3.8, 4) is 0 Å². The first-order valence-corrected chi connectivity index (χ1v) is 4.57. The van der Waals surface area contributed by atoms with Crippen LogP contribution < -0.4 is 0 Å². The number of benzene rings is 1. The molecule has 0 atom stereocenters. The van der Waals surface area contributed by atoms with Gasteiger partial charge in [-0.2, -0.15) is 0 Å². The van der Waals surface area contributed by atoms with Crippen LogP contribution >= 0.6 is 12.6 Å². The first kappa shape index (κ1) is 9.51. The van der Waals surface area contributed by atoms with E-state index in [0.29, 0.717) is 11.8 Å². The van der Waals surface area contributed by atoms with Gasteiger partial charge in [0, 0.05) is 0 Å². The number of rotatable bonds is 3. The normalized spacial score (nSPS) is 11.0. The number of aromatic amines is 1. The molecule has 0 spiro atoms. The second-order valence-electron chi connectivity index (χ2n) is 2.84. The Bertz CT molecular complexity index is 441. The van der Waals surface area contributed by atoms with Crippen molar-refractivity contribution >= 4 is 23.7 Å². The van der Waals surface area contributed by atoms with Crippen molar-refractivity contribution in [3.63, 3.8) is 0 Å². The van der Waals surface area contributed by atoms with Crippen LogP contribution in [0.25, 0.3) is 11.0 Å². The van der Waals surface area contributed by atoms with Gasteiger partial charge in [-0.15, -0.1) is 12.6 Å². The molecule has 0 unspecified atom stereocenters. The Morgan fingerprint density at radius 1 is 1.50 bits per heavy atom. The molecule has 4 nitrogen and oxygen atoms in total. The van der Waals surface area contributed by atoms with Gasteiger partial charge in [-0.25, -0.2) is 14.8 Å². The molecule has 0 amide bonds. The zero-order valence-corrected chi connectivity index (χ0v) is 8.54. The minimum absolute atomic E-state index is 0.424. The summed E-state index contributed by atoms with van der Waals surface area (Å²) >= 11 is 4.13. The van der Waals surface area contributed by atoms with Gasteiger partial charge >= 0.3 is 0 Å². The Morgan fingerprint density at radius 3 is 3.14 bits per heavy atom. The molecule has 1 N–H and O–H groups in total. The molecule has 1 heterocycles. The number of aromatic nitrogens is 2. The third-order valence-electron chi connectivity index (χ3n) is 1.88. The number of imidazole rings is 1. The molecule has 0 aliphatic rings. The monoisotopic (exact) mass is 210 g/mol. The third kappa shape index (κ3) is 1.89. The number of nitrogens with zero attached hydrogens (tertiary/aromatic N) is 1. The number of hydrogen-bond acceptors (Lipinski definition) is 4. The maximum absolute atomic E-state index is 4.82. The SMILES string of the molecule is COOCc1ccc2nc(S)[nH]c2c1. The first-order valence-electron chi connectivity index (χ1n) is 4.13. The first-order chi connectivity index (χ1) is 6.79. The summed E-state index contributed by atoms with van der Waals surface area (Å²) < 4.78 is 0. The number of H-pyrrole nitrogens is 1. The van der Waals surface area contributed by atoms with E-state index in [1.165, 1.54) is 7.11 Å². The molecule has 0 bridgehead atoms. The summed E-state index contributed by atoms with van der Waals surface area (Å²) in [6, 6.07) is 5.82. The average molecular weight is 210 g/mol. The van der Waals surface area contributed by atoms with Crippen LogP contribution in [0.5, 0.6) is 0 Å². The lowest BCUT2D eigenvalue weighted by atomic mass is 10.2. The highest BCUT2D eigenvalue weighted by Crippen LogP contribution is 2.15. The van der Waals surface area contributed by atoms with Crippen molar-refractivity contribution < 1.29 is 9.78 Å². The third-order valence-corrected chi connectivity index (χ3v) is 2.09. The van der Waals surface area contributed by atoms with E-state index in [4.69, 9.17) is 4.89 Å². The molecule has 0 fully saturated rings. The van der Waals surface area contributed by atoms with Gasteiger partial charge in [-0.3, -0.25) is 0 Å². The second-order valence-corrected chi connectivity index (χ2v) is 3.26. The summed E-state index contributed by atoms with van der Waals surface area (Å²) in [4.78, 5) is 16.5. The lowest BCUT2D eigenvalue weighted by Crippen LogP contribution is -1.90. The highest BCUT2D eigenvalue weighted by Gasteiger charge is 2.01. The van der Waals surface area contributed by atoms with Gasteiger partial charge in [0.25, 0.3) is 0 Å². The Balaban J connectivity index is 2.31. The maximum Gasteiger partial charge on any atom is 0.163 e. The molecule has 14 heavy (non-hydrogen) atoms. The summed E-state index contributed by atoms with van der Waals surface area (Å²) in [5.74, 6) is 0. The highest BCUT2D eigenvalue weighted by atomic mass is 32.1. The predicted molar refractivity (Wildman–Crippen MR) is 55.1 cm³/mol. The lowest BCUT2D eigenvalue weighted by molar-refractivity contribution is -0.282. The van der Waals surface area contributed by atoms with E-state index in [2.05, 4.69) is 27.5 Å². The summed E-state index contributed by atoms with van der Waals surface area (Å²) in [5, 5.41) is 0.616. The smallest absolute Gasteiger partial charge is 0.163 e. The van der Waals surface area contributed by atoms with Gasteiger partial charge in [0.2, 0.25) is 0 Å². The molecule has 1 aromatic carbocycles. The number of thiol groups is 1. The van der Waals surface area contributed by atoms with Gasteiger partial charge in [-0.1, -0.05) is 6.07 Å². The lowest BCUT2D eigenvalue weighted by Gasteiger charge is -1.99. The minimum atomic E-state index is 0.424. The van der Waals surface area contributed by atoms with Crippen LogP contribution in [-0.2, 0) is 16.4 Å². The van der Waals surface area contributed by atoms with Crippen molar-refractivity contribution in [2.24, 2.45) is 0 Å². The Labute approximate surface area is 86.6 Å². The van der Waals surface area contributed by atoms with E-state index in [1.807, 2.05) is 18.2 Å². The number of nitrogens with one attached hydrogen (secondary N) is 1. The van der Waals surface area contributed by atoms with E-state index in [-0.39, 0.29) is 0 Å². The quantitative estimate of drug-likeness (QED) is 0.462. The van der Waals surface area contributed by atoms with Crippen molar-refractivity contribution in [1.82, 2.24) is 9.97 Å². The van der Waals surface area contributed by atoms with Crippen LogP contribution in [0, 0.1) is 0 Å². The molecule has 0 saturated heterocycles. The van der Waals surface area contributed by atoms with Crippen LogP contribution in [-0.4, -0.2) is 17.1 Å². The summed E-state index contributed by atoms with van der Waals surface area (Å²) in [5.41, 5.74) is 2.87. The molecular formula is C9H10N2O2S. The van der Waals surface area contributed by atoms with E-state index < -0.39 is 0 Å². The van der Waals surface area contributed by atoms with E-state index in [9.17, 15) is 0 Å². The molecule has 5 heteroatoms. The summed E-state index contributed by atoms with van der Waals surface area (Å²) in [6.07, 6.45) is 0. The Hall–Kier alpha value is -1.04. The van der Waals surface area contributed by atoms with Crippen LogP contribution in [0.3, 0.4) is 0 Å². The minimum Gasteiger partial charge on any atom is -0.333 e. The second kappa shape index (κ2) is 4.00. The zero-order valence-electron chi connectivity index (χ0n) is 7.65. The number of fused-ring (bicyclic) bond motifs is 1. The van der Waals surface area contributed by atoms with Gasteiger partial charge in [0.15, 0.2) is 5.16 Å². The molecule has 74 valence electrons. The molecule has 0 radical (unpaired) electrons. The fourth-order valence-corrected chi connectivity index (χ4v) is 1.49. The molecule has 1 aromatic heterocycles. The topological polar surface area (TPSA) is 47.1 Å².